The first kappa shape index (κ1) is 20.3. The lowest BCUT2D eigenvalue weighted by atomic mass is 9.86. The first-order chi connectivity index (χ1) is 12.2. The van der Waals surface area contributed by atoms with E-state index in [1.54, 1.807) is 0 Å². The molecule has 1 heterocycles. The summed E-state index contributed by atoms with van der Waals surface area (Å²) in [7, 11) is -3.85. The van der Waals surface area contributed by atoms with Gasteiger partial charge < -0.3 is 15.2 Å². The molecule has 2 rings (SSSR count). The molecule has 1 aliphatic rings. The summed E-state index contributed by atoms with van der Waals surface area (Å²) in [5, 5.41) is 11.8. The van der Waals surface area contributed by atoms with Crippen LogP contribution in [0.25, 0.3) is 0 Å². The average molecular weight is 388 g/mol. The molecule has 0 radical (unpaired) electrons. The van der Waals surface area contributed by atoms with Crippen molar-refractivity contribution in [2.45, 2.75) is 36.1 Å². The third kappa shape index (κ3) is 5.75. The van der Waals surface area contributed by atoms with Crippen LogP contribution in [-0.2, 0) is 24.3 Å². The van der Waals surface area contributed by atoms with Crippen molar-refractivity contribution in [1.82, 2.24) is 10.0 Å². The third-order valence-electron chi connectivity index (χ3n) is 4.11. The highest BCUT2D eigenvalue weighted by Gasteiger charge is 2.36. The summed E-state index contributed by atoms with van der Waals surface area (Å²) in [5.74, 6) is -2.03. The van der Waals surface area contributed by atoms with Crippen molar-refractivity contribution in [1.29, 1.82) is 0 Å². The van der Waals surface area contributed by atoms with Gasteiger partial charge in [0.1, 0.15) is 5.82 Å². The zero-order valence-electron chi connectivity index (χ0n) is 14.0. The lowest BCUT2D eigenvalue weighted by molar-refractivity contribution is -0.140. The summed E-state index contributed by atoms with van der Waals surface area (Å²) >= 11 is 0. The second kappa shape index (κ2) is 8.56. The maximum Gasteiger partial charge on any atom is 0.305 e. The number of aliphatic carboxylic acids is 1. The number of benzene rings is 1. The van der Waals surface area contributed by atoms with E-state index in [0.29, 0.717) is 26.1 Å². The number of ether oxygens (including phenoxy) is 1. The van der Waals surface area contributed by atoms with E-state index in [-0.39, 0.29) is 24.3 Å². The van der Waals surface area contributed by atoms with Gasteiger partial charge >= 0.3 is 5.97 Å². The highest BCUT2D eigenvalue weighted by atomic mass is 32.2. The first-order valence-electron chi connectivity index (χ1n) is 8.08. The van der Waals surface area contributed by atoms with E-state index in [0.717, 1.165) is 24.3 Å². The molecule has 8 nitrogen and oxygen atoms in total. The molecular weight excluding hydrogens is 367 g/mol. The number of carboxylic acid groups (broad SMARTS) is 1. The monoisotopic (exact) mass is 388 g/mol. The fourth-order valence-corrected chi connectivity index (χ4v) is 3.78. The Labute approximate surface area is 150 Å². The van der Waals surface area contributed by atoms with E-state index in [2.05, 4.69) is 10.0 Å². The van der Waals surface area contributed by atoms with Gasteiger partial charge in [-0.05, 0) is 37.1 Å². The fourth-order valence-electron chi connectivity index (χ4n) is 2.75. The summed E-state index contributed by atoms with van der Waals surface area (Å²) in [6.07, 6.45) is 0.394. The Kier molecular flexibility index (Phi) is 6.68. The smallest absolute Gasteiger partial charge is 0.305 e. The van der Waals surface area contributed by atoms with Crippen LogP contribution in [0.4, 0.5) is 4.39 Å². The second-order valence-corrected chi connectivity index (χ2v) is 7.88. The molecule has 1 saturated heterocycles. The molecule has 0 bridgehead atoms. The molecular formula is C16H21FN2O6S. The maximum absolute atomic E-state index is 12.9. The molecule has 26 heavy (non-hydrogen) atoms. The highest BCUT2D eigenvalue weighted by molar-refractivity contribution is 7.89. The van der Waals surface area contributed by atoms with Crippen LogP contribution in [0.1, 0.15) is 25.7 Å². The van der Waals surface area contributed by atoms with Gasteiger partial charge in [0.15, 0.2) is 0 Å². The van der Waals surface area contributed by atoms with Gasteiger partial charge in [0, 0.05) is 26.2 Å². The van der Waals surface area contributed by atoms with Crippen LogP contribution in [0.2, 0.25) is 0 Å². The number of hydrogen-bond donors (Lipinski definition) is 3. The van der Waals surface area contributed by atoms with Gasteiger partial charge in [0.05, 0.1) is 16.9 Å². The lowest BCUT2D eigenvalue weighted by Crippen LogP contribution is -2.53. The van der Waals surface area contributed by atoms with E-state index in [9.17, 15) is 22.4 Å². The largest absolute Gasteiger partial charge is 0.481 e. The van der Waals surface area contributed by atoms with Crippen molar-refractivity contribution < 1.29 is 32.2 Å². The third-order valence-corrected chi connectivity index (χ3v) is 5.59. The van der Waals surface area contributed by atoms with Crippen LogP contribution in [0.15, 0.2) is 29.2 Å². The molecule has 144 valence electrons. The number of carbonyl (C=O) groups is 2. The summed E-state index contributed by atoms with van der Waals surface area (Å²) in [5.41, 5.74) is -0.878. The number of sulfonamides is 1. The number of carboxylic acids is 1. The molecule has 1 aromatic rings. The lowest BCUT2D eigenvalue weighted by Gasteiger charge is -2.36. The van der Waals surface area contributed by atoms with Crippen LogP contribution in [0.5, 0.6) is 0 Å². The van der Waals surface area contributed by atoms with Gasteiger partial charge in [-0.1, -0.05) is 0 Å². The molecule has 0 spiro atoms. The number of nitrogens with one attached hydrogen (secondary N) is 2. The number of rotatable bonds is 8. The molecule has 1 aliphatic heterocycles. The molecule has 10 heteroatoms. The summed E-state index contributed by atoms with van der Waals surface area (Å²) in [6, 6.07) is 4.31. The van der Waals surface area contributed by atoms with Gasteiger partial charge in [-0.15, -0.1) is 0 Å². The fraction of sp³-hybridized carbons (Fsp3) is 0.500. The predicted octanol–water partition coefficient (Wildman–Crippen LogP) is 0.634. The topological polar surface area (TPSA) is 122 Å². The SMILES string of the molecule is O=C(O)CC1(NC(=O)CCNS(=O)(=O)c2ccc(F)cc2)CCOCC1. The molecule has 0 aliphatic carbocycles. The Morgan fingerprint density at radius 1 is 1.19 bits per heavy atom. The molecule has 1 amide bonds. The van der Waals surface area contributed by atoms with E-state index in [4.69, 9.17) is 9.84 Å². The normalized spacial score (nSPS) is 16.8. The minimum Gasteiger partial charge on any atom is -0.481 e. The average Bonchev–Trinajstić information content (AvgIpc) is 2.55. The maximum atomic E-state index is 12.9. The molecule has 0 aromatic heterocycles. The predicted molar refractivity (Wildman–Crippen MR) is 89.4 cm³/mol. The van der Waals surface area contributed by atoms with Crippen LogP contribution < -0.4 is 10.0 Å². The van der Waals surface area contributed by atoms with Crippen molar-refractivity contribution in [2.75, 3.05) is 19.8 Å². The van der Waals surface area contributed by atoms with Gasteiger partial charge in [0.2, 0.25) is 15.9 Å². The summed E-state index contributed by atoms with van der Waals surface area (Å²) in [6.45, 7) is 0.542. The molecule has 1 aromatic carbocycles. The van der Waals surface area contributed by atoms with Crippen molar-refractivity contribution >= 4 is 21.9 Å². The summed E-state index contributed by atoms with van der Waals surface area (Å²) < 4.78 is 44.5. The molecule has 0 atom stereocenters. The minimum atomic E-state index is -3.85. The van der Waals surface area contributed by atoms with Crippen LogP contribution in [0.3, 0.4) is 0 Å². The number of hydrogen-bond acceptors (Lipinski definition) is 5. The van der Waals surface area contributed by atoms with Gasteiger partial charge in [-0.25, -0.2) is 17.5 Å². The Morgan fingerprint density at radius 2 is 1.81 bits per heavy atom. The highest BCUT2D eigenvalue weighted by Crippen LogP contribution is 2.24. The van der Waals surface area contributed by atoms with Crippen molar-refractivity contribution in [3.05, 3.63) is 30.1 Å². The number of amides is 1. The van der Waals surface area contributed by atoms with E-state index in [1.807, 2.05) is 0 Å². The van der Waals surface area contributed by atoms with Crippen molar-refractivity contribution in [3.8, 4) is 0 Å². The molecule has 0 unspecified atom stereocenters. The molecule has 0 saturated carbocycles. The van der Waals surface area contributed by atoms with Crippen molar-refractivity contribution in [3.63, 3.8) is 0 Å². The number of halogens is 1. The molecule has 3 N–H and O–H groups in total. The quantitative estimate of drug-likeness (QED) is 0.601. The van der Waals surface area contributed by atoms with Gasteiger partial charge in [0.25, 0.3) is 0 Å². The van der Waals surface area contributed by atoms with Gasteiger partial charge in [-0.3, -0.25) is 9.59 Å². The Hall–Kier alpha value is -2.04. The van der Waals surface area contributed by atoms with Crippen molar-refractivity contribution in [2.24, 2.45) is 0 Å². The Balaban J connectivity index is 1.89. The zero-order valence-corrected chi connectivity index (χ0v) is 14.9. The Morgan fingerprint density at radius 3 is 2.38 bits per heavy atom. The van der Waals surface area contributed by atoms with E-state index in [1.165, 1.54) is 0 Å². The van der Waals surface area contributed by atoms with Crippen LogP contribution in [0, 0.1) is 5.82 Å². The number of carbonyl (C=O) groups excluding carboxylic acids is 1. The van der Waals surface area contributed by atoms with E-state index < -0.39 is 33.3 Å². The van der Waals surface area contributed by atoms with E-state index >= 15 is 0 Å². The second-order valence-electron chi connectivity index (χ2n) is 6.11. The van der Waals surface area contributed by atoms with Crippen LogP contribution >= 0.6 is 0 Å². The Bertz CT molecular complexity index is 745. The van der Waals surface area contributed by atoms with Crippen LogP contribution in [-0.4, -0.2) is 50.7 Å². The minimum absolute atomic E-state index is 0.105. The van der Waals surface area contributed by atoms with Gasteiger partial charge in [-0.2, -0.15) is 0 Å². The first-order valence-corrected chi connectivity index (χ1v) is 9.57. The molecule has 1 fully saturated rings. The zero-order chi connectivity index (χ0) is 19.2. The standard InChI is InChI=1S/C16H21FN2O6S/c17-12-1-3-13(4-2-12)26(23,24)18-8-5-14(20)19-16(11-15(21)22)6-9-25-10-7-16/h1-4,18H,5-11H2,(H,19,20)(H,21,22). The summed E-state index contributed by atoms with van der Waals surface area (Å²) in [4.78, 5) is 23.1.